The molecule has 0 saturated heterocycles. The molecule has 0 aliphatic carbocycles. The first-order chi connectivity index (χ1) is 16.6. The molecule has 3 N–H and O–H groups in total. The number of nitrogens with one attached hydrogen (secondary N) is 3. The van der Waals surface area contributed by atoms with Crippen molar-refractivity contribution in [3.8, 4) is 5.75 Å². The van der Waals surface area contributed by atoms with Crippen molar-refractivity contribution >= 4 is 28.8 Å². The van der Waals surface area contributed by atoms with Crippen LogP contribution in [0.15, 0.2) is 41.9 Å². The molecule has 3 rings (SSSR count). The molecular formula is C26H32F2N4O2S. The second-order valence-corrected chi connectivity index (χ2v) is 9.63. The monoisotopic (exact) mass is 502 g/mol. The van der Waals surface area contributed by atoms with Crippen LogP contribution in [-0.2, 0) is 17.8 Å². The van der Waals surface area contributed by atoms with Gasteiger partial charge < -0.3 is 20.7 Å². The first-order valence-electron chi connectivity index (χ1n) is 11.7. The number of ether oxygens (including phenoxy) is 1. The number of thiocarbonyl (C=S) groups is 1. The number of benzene rings is 1. The molecule has 2 aromatic rings. The van der Waals surface area contributed by atoms with Gasteiger partial charge in [-0.15, -0.1) is 0 Å². The van der Waals surface area contributed by atoms with Crippen molar-refractivity contribution in [2.45, 2.75) is 53.5 Å². The minimum Gasteiger partial charge on any atom is -0.491 e. The molecular weight excluding hydrogens is 470 g/mol. The highest BCUT2D eigenvalue weighted by molar-refractivity contribution is 7.81. The molecule has 35 heavy (non-hydrogen) atoms. The van der Waals surface area contributed by atoms with Crippen molar-refractivity contribution in [2.75, 3.05) is 18.5 Å². The first-order valence-corrected chi connectivity index (χ1v) is 12.2. The van der Waals surface area contributed by atoms with Gasteiger partial charge in [-0.05, 0) is 30.4 Å². The van der Waals surface area contributed by atoms with Gasteiger partial charge in [0.25, 0.3) is 5.91 Å². The third-order valence-electron chi connectivity index (χ3n) is 6.12. The van der Waals surface area contributed by atoms with Gasteiger partial charge in [0.1, 0.15) is 22.4 Å². The Kier molecular flexibility index (Phi) is 8.77. The van der Waals surface area contributed by atoms with Crippen molar-refractivity contribution in [3.63, 3.8) is 0 Å². The molecule has 0 saturated carbocycles. The highest BCUT2D eigenvalue weighted by Gasteiger charge is 2.25. The Hall–Kier alpha value is -3.07. The number of pyridine rings is 1. The molecule has 9 heteroatoms. The average molecular weight is 503 g/mol. The first kappa shape index (κ1) is 26.5. The lowest BCUT2D eigenvalue weighted by atomic mass is 9.92. The highest BCUT2D eigenvalue weighted by atomic mass is 32.1. The predicted molar refractivity (Wildman–Crippen MR) is 137 cm³/mol. The number of carbonyl (C=O) groups excluding carboxylic acids is 1. The lowest BCUT2D eigenvalue weighted by Gasteiger charge is -2.25. The van der Waals surface area contributed by atoms with Gasteiger partial charge in [0.2, 0.25) is 0 Å². The number of hydrogen-bond donors (Lipinski definition) is 3. The van der Waals surface area contributed by atoms with Gasteiger partial charge in [-0.25, -0.2) is 8.78 Å². The van der Waals surface area contributed by atoms with Crippen molar-refractivity contribution < 1.29 is 18.3 Å². The van der Waals surface area contributed by atoms with Gasteiger partial charge in [0.15, 0.2) is 0 Å². The number of halogens is 2. The molecule has 2 heterocycles. The Balaban J connectivity index is 1.82. The minimum absolute atomic E-state index is 0.0310. The van der Waals surface area contributed by atoms with Gasteiger partial charge in [-0.3, -0.25) is 9.78 Å². The largest absolute Gasteiger partial charge is 0.491 e. The van der Waals surface area contributed by atoms with E-state index in [1.54, 1.807) is 19.3 Å². The fraction of sp³-hybridized carbons (Fsp3) is 0.423. The van der Waals surface area contributed by atoms with Crippen LogP contribution < -0.4 is 20.7 Å². The Morgan fingerprint density at radius 3 is 2.77 bits per heavy atom. The summed E-state index contributed by atoms with van der Waals surface area (Å²) >= 11 is 5.51. The van der Waals surface area contributed by atoms with E-state index < -0.39 is 11.6 Å². The Bertz CT molecular complexity index is 1130. The summed E-state index contributed by atoms with van der Waals surface area (Å²) in [6, 6.07) is 3.88. The Labute approximate surface area is 210 Å². The summed E-state index contributed by atoms with van der Waals surface area (Å²) in [5.41, 5.74) is 2.34. The zero-order valence-corrected chi connectivity index (χ0v) is 21.4. The van der Waals surface area contributed by atoms with Crippen LogP contribution in [0.4, 0.5) is 14.5 Å². The summed E-state index contributed by atoms with van der Waals surface area (Å²) < 4.78 is 34.1. The van der Waals surface area contributed by atoms with Crippen LogP contribution in [0.2, 0.25) is 0 Å². The van der Waals surface area contributed by atoms with Crippen molar-refractivity contribution in [1.82, 2.24) is 15.6 Å². The molecule has 1 amide bonds. The summed E-state index contributed by atoms with van der Waals surface area (Å²) in [7, 11) is 0. The number of aromatic nitrogens is 1. The van der Waals surface area contributed by atoms with Gasteiger partial charge in [0, 0.05) is 54.3 Å². The lowest BCUT2D eigenvalue weighted by molar-refractivity contribution is -0.117. The van der Waals surface area contributed by atoms with E-state index in [0.717, 1.165) is 18.1 Å². The van der Waals surface area contributed by atoms with Crippen LogP contribution in [0.3, 0.4) is 0 Å². The molecule has 0 atom stereocenters. The van der Waals surface area contributed by atoms with E-state index in [4.69, 9.17) is 17.0 Å². The Morgan fingerprint density at radius 1 is 1.29 bits per heavy atom. The average Bonchev–Trinajstić information content (AvgIpc) is 2.81. The molecule has 0 bridgehead atoms. The number of amides is 1. The van der Waals surface area contributed by atoms with E-state index in [-0.39, 0.29) is 27.6 Å². The number of hydrogen-bond acceptors (Lipinski definition) is 5. The Morgan fingerprint density at radius 2 is 2.06 bits per heavy atom. The lowest BCUT2D eigenvalue weighted by Crippen LogP contribution is -2.39. The van der Waals surface area contributed by atoms with E-state index in [9.17, 15) is 13.6 Å². The van der Waals surface area contributed by atoms with E-state index in [0.29, 0.717) is 49.5 Å². The zero-order chi connectivity index (χ0) is 25.6. The smallest absolute Gasteiger partial charge is 0.256 e. The fourth-order valence-corrected chi connectivity index (χ4v) is 3.92. The van der Waals surface area contributed by atoms with E-state index in [1.807, 2.05) is 6.07 Å². The summed E-state index contributed by atoms with van der Waals surface area (Å²) in [6.45, 7) is 9.57. The van der Waals surface area contributed by atoms with Crippen LogP contribution in [0.25, 0.3) is 0 Å². The highest BCUT2D eigenvalue weighted by Crippen LogP contribution is 2.26. The van der Waals surface area contributed by atoms with E-state index in [1.165, 1.54) is 6.07 Å². The van der Waals surface area contributed by atoms with E-state index in [2.05, 4.69) is 41.7 Å². The van der Waals surface area contributed by atoms with Crippen molar-refractivity contribution in [3.05, 3.63) is 64.6 Å². The van der Waals surface area contributed by atoms with Gasteiger partial charge in [0.05, 0.1) is 18.4 Å². The molecule has 1 aromatic heterocycles. The predicted octanol–water partition coefficient (Wildman–Crippen LogP) is 5.04. The van der Waals surface area contributed by atoms with Crippen LogP contribution in [0, 0.1) is 17.0 Å². The molecule has 6 nitrogen and oxygen atoms in total. The number of carbonyl (C=O) groups is 1. The number of anilines is 1. The van der Waals surface area contributed by atoms with Crippen molar-refractivity contribution in [1.29, 1.82) is 0 Å². The van der Waals surface area contributed by atoms with Crippen LogP contribution >= 0.6 is 12.2 Å². The van der Waals surface area contributed by atoms with Gasteiger partial charge in [-0.1, -0.05) is 39.9 Å². The summed E-state index contributed by atoms with van der Waals surface area (Å²) in [6.07, 6.45) is 5.22. The number of rotatable bonds is 10. The van der Waals surface area contributed by atoms with E-state index >= 15 is 0 Å². The standard InChI is InChI=1S/C26H32F2N4O2S/c1-5-18-19(28)11-17(27)12-21(18)32-25(35)23-20(8-10-30-24(23)33)31-13-16-7-9-29-14-22(16)34-15-26(3,4)6-2/h7,9,11-12,14,31H,5-6,8,10,13,15H2,1-4H3,(H,30,33)(H,32,35). The second-order valence-electron chi connectivity index (χ2n) is 9.22. The number of nitrogens with zero attached hydrogens (tertiary/aromatic N) is 1. The topological polar surface area (TPSA) is 75.3 Å². The molecule has 0 spiro atoms. The third-order valence-corrected chi connectivity index (χ3v) is 6.42. The fourth-order valence-electron chi connectivity index (χ4n) is 3.59. The molecule has 1 aliphatic rings. The van der Waals surface area contributed by atoms with Gasteiger partial charge >= 0.3 is 0 Å². The SMILES string of the molecule is CCc1c(F)cc(F)cc1NC(=S)C1=C(NCc2ccncc2OCC(C)(C)CC)CCNC1=O. The second kappa shape index (κ2) is 11.6. The molecule has 1 aliphatic heterocycles. The molecule has 0 radical (unpaired) electrons. The normalized spacial score (nSPS) is 13.9. The van der Waals surface area contributed by atoms with Crippen LogP contribution in [0.5, 0.6) is 5.75 Å². The summed E-state index contributed by atoms with van der Waals surface area (Å²) in [4.78, 5) is 17.0. The maximum atomic E-state index is 14.2. The summed E-state index contributed by atoms with van der Waals surface area (Å²) in [5, 5.41) is 8.99. The third kappa shape index (κ3) is 6.75. The molecule has 1 aromatic carbocycles. The van der Waals surface area contributed by atoms with Crippen LogP contribution in [-0.4, -0.2) is 29.0 Å². The maximum Gasteiger partial charge on any atom is 0.256 e. The quantitative estimate of drug-likeness (QED) is 0.395. The molecule has 188 valence electrons. The molecule has 0 fully saturated rings. The van der Waals surface area contributed by atoms with Crippen molar-refractivity contribution in [2.24, 2.45) is 5.41 Å². The zero-order valence-electron chi connectivity index (χ0n) is 20.6. The molecule has 0 unspecified atom stereocenters. The minimum atomic E-state index is -0.720. The van der Waals surface area contributed by atoms with Gasteiger partial charge in [-0.2, -0.15) is 0 Å². The summed E-state index contributed by atoms with van der Waals surface area (Å²) in [5.74, 6) is -1.05. The maximum absolute atomic E-state index is 14.2. The van der Waals surface area contributed by atoms with Crippen LogP contribution in [0.1, 0.15) is 51.7 Å².